The molecule has 1 rings (SSSR count). The Hall–Kier alpha value is -0.650. The van der Waals surface area contributed by atoms with Crippen LogP contribution in [0.5, 0.6) is 0 Å². The van der Waals surface area contributed by atoms with Crippen molar-refractivity contribution < 1.29 is 14.3 Å². The molecule has 16 heavy (non-hydrogen) atoms. The van der Waals surface area contributed by atoms with Crippen LogP contribution in [0, 0.1) is 0 Å². The van der Waals surface area contributed by atoms with E-state index in [9.17, 15) is 4.79 Å². The predicted octanol–water partition coefficient (Wildman–Crippen LogP) is -0.0939. The Kier molecular flexibility index (Phi) is 5.18. The minimum Gasteiger partial charge on any atom is -0.378 e. The van der Waals surface area contributed by atoms with Gasteiger partial charge in [-0.05, 0) is 0 Å². The van der Waals surface area contributed by atoms with Crippen molar-refractivity contribution in [1.29, 1.82) is 0 Å². The van der Waals surface area contributed by atoms with Gasteiger partial charge in [0.05, 0.1) is 13.2 Å². The molecule has 1 saturated heterocycles. The third-order valence-corrected chi connectivity index (χ3v) is 2.78. The topological polar surface area (TPSA) is 59.6 Å². The van der Waals surface area contributed by atoms with E-state index in [1.165, 1.54) is 0 Å². The molecular weight excluding hydrogens is 208 g/mol. The molecule has 0 aromatic rings. The Morgan fingerprint density at radius 1 is 1.56 bits per heavy atom. The molecule has 5 nitrogen and oxygen atoms in total. The fourth-order valence-corrected chi connectivity index (χ4v) is 1.58. The maximum Gasteiger partial charge on any atom is 0.234 e. The highest BCUT2D eigenvalue weighted by Crippen LogP contribution is 2.21. The van der Waals surface area contributed by atoms with E-state index < -0.39 is 0 Å². The van der Waals surface area contributed by atoms with E-state index >= 15 is 0 Å². The lowest BCUT2D eigenvalue weighted by Crippen LogP contribution is -2.47. The van der Waals surface area contributed by atoms with Gasteiger partial charge in [-0.25, -0.2) is 0 Å². The van der Waals surface area contributed by atoms with Crippen molar-refractivity contribution in [3.05, 3.63) is 0 Å². The van der Waals surface area contributed by atoms with Gasteiger partial charge in [0.15, 0.2) is 0 Å². The Labute approximate surface area is 96.9 Å². The average Bonchev–Trinajstić information content (AvgIpc) is 2.73. The zero-order chi connectivity index (χ0) is 12.0. The summed E-state index contributed by atoms with van der Waals surface area (Å²) in [6, 6.07) is 0.317. The number of nitrogens with one attached hydrogen (secondary N) is 2. The Bertz CT molecular complexity index is 225. The number of rotatable bonds is 6. The number of methoxy groups -OCH3 is 1. The number of carbonyl (C=O) groups is 1. The fraction of sp³-hybridized carbons (Fsp3) is 0.909. The van der Waals surface area contributed by atoms with Crippen molar-refractivity contribution in [2.45, 2.75) is 31.9 Å². The largest absolute Gasteiger partial charge is 0.378 e. The molecule has 1 heterocycles. The second-order valence-electron chi connectivity index (χ2n) is 4.50. The Balaban J connectivity index is 2.24. The summed E-state index contributed by atoms with van der Waals surface area (Å²) in [5.41, 5.74) is -0.326. The number of hydrogen-bond donors (Lipinski definition) is 2. The van der Waals surface area contributed by atoms with Crippen LogP contribution in [0.15, 0.2) is 0 Å². The molecule has 0 radical (unpaired) electrons. The summed E-state index contributed by atoms with van der Waals surface area (Å²) in [5.74, 6) is -0.00275. The van der Waals surface area contributed by atoms with Crippen LogP contribution in [-0.2, 0) is 14.3 Å². The summed E-state index contributed by atoms with van der Waals surface area (Å²) in [6.07, 6.45) is 0.835. The van der Waals surface area contributed by atoms with E-state index in [-0.39, 0.29) is 11.5 Å². The lowest BCUT2D eigenvalue weighted by Gasteiger charge is -2.25. The van der Waals surface area contributed by atoms with Crippen LogP contribution in [0.2, 0.25) is 0 Å². The first-order valence-corrected chi connectivity index (χ1v) is 5.71. The molecule has 1 aliphatic rings. The van der Waals surface area contributed by atoms with Crippen LogP contribution < -0.4 is 10.6 Å². The molecular formula is C11H22N2O3. The molecule has 1 atom stereocenters. The molecule has 0 aliphatic carbocycles. The van der Waals surface area contributed by atoms with Crippen molar-refractivity contribution in [3.63, 3.8) is 0 Å². The average molecular weight is 230 g/mol. The first kappa shape index (κ1) is 13.4. The number of hydrogen-bond acceptors (Lipinski definition) is 4. The normalized spacial score (nSPS) is 25.0. The van der Waals surface area contributed by atoms with Crippen LogP contribution >= 0.6 is 0 Å². The quantitative estimate of drug-likeness (QED) is 0.669. The predicted molar refractivity (Wildman–Crippen MR) is 61.3 cm³/mol. The highest BCUT2D eigenvalue weighted by atomic mass is 16.5. The van der Waals surface area contributed by atoms with Crippen molar-refractivity contribution in [3.8, 4) is 0 Å². The third-order valence-electron chi connectivity index (χ3n) is 2.78. The first-order chi connectivity index (χ1) is 7.58. The summed E-state index contributed by atoms with van der Waals surface area (Å²) in [7, 11) is 1.66. The second-order valence-corrected chi connectivity index (χ2v) is 4.50. The highest BCUT2D eigenvalue weighted by Gasteiger charge is 2.35. The SMILES string of the molecule is COC1(CNC(=O)CNC(C)C)CCOC1. The molecule has 1 amide bonds. The van der Waals surface area contributed by atoms with E-state index in [1.54, 1.807) is 7.11 Å². The molecule has 0 aromatic heterocycles. The summed E-state index contributed by atoms with van der Waals surface area (Å²) < 4.78 is 10.7. The van der Waals surface area contributed by atoms with Crippen LogP contribution in [0.3, 0.4) is 0 Å². The van der Waals surface area contributed by atoms with Gasteiger partial charge in [-0.1, -0.05) is 13.8 Å². The van der Waals surface area contributed by atoms with Gasteiger partial charge in [-0.3, -0.25) is 4.79 Å². The minimum atomic E-state index is -0.326. The summed E-state index contributed by atoms with van der Waals surface area (Å²) in [6.45, 7) is 6.14. The molecule has 0 aromatic carbocycles. The molecule has 0 spiro atoms. The molecule has 94 valence electrons. The lowest BCUT2D eigenvalue weighted by molar-refractivity contribution is -0.122. The van der Waals surface area contributed by atoms with Gasteiger partial charge in [0.1, 0.15) is 5.60 Å². The van der Waals surface area contributed by atoms with Crippen molar-refractivity contribution >= 4 is 5.91 Å². The van der Waals surface area contributed by atoms with Crippen molar-refractivity contribution in [2.75, 3.05) is 33.4 Å². The zero-order valence-electron chi connectivity index (χ0n) is 10.3. The third kappa shape index (κ3) is 4.08. The first-order valence-electron chi connectivity index (χ1n) is 5.71. The standard InChI is InChI=1S/C11H22N2O3/c1-9(2)12-6-10(14)13-7-11(15-3)4-5-16-8-11/h9,12H,4-8H2,1-3H3,(H,13,14). The van der Waals surface area contributed by atoms with E-state index in [0.29, 0.717) is 32.3 Å². The van der Waals surface area contributed by atoms with Gasteiger partial charge in [-0.2, -0.15) is 0 Å². The van der Waals surface area contributed by atoms with Crippen molar-refractivity contribution in [1.82, 2.24) is 10.6 Å². The van der Waals surface area contributed by atoms with E-state index in [2.05, 4.69) is 10.6 Å². The van der Waals surface area contributed by atoms with Gasteiger partial charge in [0.25, 0.3) is 0 Å². The number of carbonyl (C=O) groups excluding carboxylic acids is 1. The maximum atomic E-state index is 11.5. The van der Waals surface area contributed by atoms with E-state index in [4.69, 9.17) is 9.47 Å². The van der Waals surface area contributed by atoms with Gasteiger partial charge in [0.2, 0.25) is 5.91 Å². The van der Waals surface area contributed by atoms with Crippen LogP contribution in [0.25, 0.3) is 0 Å². The highest BCUT2D eigenvalue weighted by molar-refractivity contribution is 5.78. The van der Waals surface area contributed by atoms with Gasteiger partial charge >= 0.3 is 0 Å². The lowest BCUT2D eigenvalue weighted by atomic mass is 10.0. The molecule has 5 heteroatoms. The summed E-state index contributed by atoms with van der Waals surface area (Å²) in [4.78, 5) is 11.5. The summed E-state index contributed by atoms with van der Waals surface area (Å²) >= 11 is 0. The van der Waals surface area contributed by atoms with Crippen molar-refractivity contribution in [2.24, 2.45) is 0 Å². The summed E-state index contributed by atoms with van der Waals surface area (Å²) in [5, 5.41) is 5.93. The maximum absolute atomic E-state index is 11.5. The zero-order valence-corrected chi connectivity index (χ0v) is 10.3. The molecule has 1 unspecified atom stereocenters. The van der Waals surface area contributed by atoms with Crippen LogP contribution in [-0.4, -0.2) is 51.0 Å². The number of ether oxygens (including phenoxy) is 2. The molecule has 1 aliphatic heterocycles. The molecule has 1 fully saturated rings. The smallest absolute Gasteiger partial charge is 0.234 e. The molecule has 0 bridgehead atoms. The molecule has 2 N–H and O–H groups in total. The minimum absolute atomic E-state index is 0.00275. The second kappa shape index (κ2) is 6.18. The van der Waals surface area contributed by atoms with E-state index in [1.807, 2.05) is 13.8 Å². The molecule has 0 saturated carbocycles. The fourth-order valence-electron chi connectivity index (χ4n) is 1.58. The van der Waals surface area contributed by atoms with Gasteiger partial charge in [-0.15, -0.1) is 0 Å². The Morgan fingerprint density at radius 3 is 2.81 bits per heavy atom. The van der Waals surface area contributed by atoms with Crippen LogP contribution in [0.1, 0.15) is 20.3 Å². The Morgan fingerprint density at radius 2 is 2.31 bits per heavy atom. The van der Waals surface area contributed by atoms with Crippen LogP contribution in [0.4, 0.5) is 0 Å². The van der Waals surface area contributed by atoms with Gasteiger partial charge in [0, 0.05) is 32.7 Å². The monoisotopic (exact) mass is 230 g/mol. The number of amides is 1. The van der Waals surface area contributed by atoms with Gasteiger partial charge < -0.3 is 20.1 Å². The van der Waals surface area contributed by atoms with E-state index in [0.717, 1.165) is 6.42 Å².